The smallest absolute Gasteiger partial charge is 0.254 e. The lowest BCUT2D eigenvalue weighted by Gasteiger charge is -2.07. The molecule has 2 N–H and O–H groups in total. The van der Waals surface area contributed by atoms with E-state index in [1.54, 1.807) is 20.8 Å². The Kier molecular flexibility index (Phi) is 4.21. The van der Waals surface area contributed by atoms with E-state index in [1.807, 2.05) is 6.92 Å². The molecule has 0 fully saturated rings. The molecule has 2 aromatic heterocycles. The maximum absolute atomic E-state index is 12.0. The highest BCUT2D eigenvalue weighted by Gasteiger charge is 2.14. The van der Waals surface area contributed by atoms with Gasteiger partial charge in [-0.05, 0) is 27.7 Å². The molecule has 1 amide bonds. The van der Waals surface area contributed by atoms with Crippen molar-refractivity contribution in [1.82, 2.24) is 20.4 Å². The van der Waals surface area contributed by atoms with Gasteiger partial charge in [-0.25, -0.2) is 4.98 Å². The van der Waals surface area contributed by atoms with Crippen LogP contribution < -0.4 is 10.9 Å². The Bertz CT molecular complexity index is 711. The van der Waals surface area contributed by atoms with Gasteiger partial charge in [0, 0.05) is 23.4 Å². The van der Waals surface area contributed by atoms with Gasteiger partial charge in [-0.1, -0.05) is 5.16 Å². The molecule has 2 rings (SSSR count). The fraction of sp³-hybridized carbons (Fsp3) is 0.429. The number of hydrogen-bond acceptors (Lipinski definition) is 5. The Morgan fingerprint density at radius 2 is 1.90 bits per heavy atom. The number of nitrogens with zero attached hydrogens (tertiary/aromatic N) is 2. The summed E-state index contributed by atoms with van der Waals surface area (Å²) in [4.78, 5) is 30.6. The first-order chi connectivity index (χ1) is 9.88. The summed E-state index contributed by atoms with van der Waals surface area (Å²) in [6, 6.07) is 0. The Balaban J connectivity index is 2.05. The maximum atomic E-state index is 12.0. The molecule has 21 heavy (non-hydrogen) atoms. The van der Waals surface area contributed by atoms with E-state index in [0.29, 0.717) is 29.4 Å². The van der Waals surface area contributed by atoms with E-state index in [1.165, 1.54) is 0 Å². The minimum absolute atomic E-state index is 0.00216. The first-order valence-corrected chi connectivity index (χ1v) is 6.63. The molecule has 0 saturated carbocycles. The van der Waals surface area contributed by atoms with Gasteiger partial charge in [-0.15, -0.1) is 0 Å². The highest BCUT2D eigenvalue weighted by Crippen LogP contribution is 2.11. The van der Waals surface area contributed by atoms with Crippen LogP contribution in [-0.2, 0) is 17.8 Å². The van der Waals surface area contributed by atoms with E-state index < -0.39 is 0 Å². The second-order valence-electron chi connectivity index (χ2n) is 4.97. The number of hydrogen-bond donors (Lipinski definition) is 2. The molecule has 0 saturated heterocycles. The number of amides is 1. The van der Waals surface area contributed by atoms with Gasteiger partial charge < -0.3 is 14.8 Å². The van der Waals surface area contributed by atoms with E-state index >= 15 is 0 Å². The van der Waals surface area contributed by atoms with Crippen LogP contribution in [0, 0.1) is 27.7 Å². The quantitative estimate of drug-likeness (QED) is 0.869. The zero-order valence-corrected chi connectivity index (χ0v) is 12.5. The summed E-state index contributed by atoms with van der Waals surface area (Å²) in [6.45, 7) is 7.36. The molecule has 0 radical (unpaired) electrons. The normalized spacial score (nSPS) is 10.7. The summed E-state index contributed by atoms with van der Waals surface area (Å²) in [5, 5.41) is 6.59. The van der Waals surface area contributed by atoms with Crippen LogP contribution >= 0.6 is 0 Å². The Hall–Kier alpha value is -2.44. The molecule has 0 aliphatic rings. The monoisotopic (exact) mass is 290 g/mol. The van der Waals surface area contributed by atoms with E-state index in [2.05, 4.69) is 20.4 Å². The van der Waals surface area contributed by atoms with Crippen molar-refractivity contribution < 1.29 is 9.32 Å². The van der Waals surface area contributed by atoms with Crippen molar-refractivity contribution in [2.75, 3.05) is 0 Å². The van der Waals surface area contributed by atoms with E-state index in [9.17, 15) is 9.59 Å². The van der Waals surface area contributed by atoms with Crippen LogP contribution in [-0.4, -0.2) is 21.0 Å². The van der Waals surface area contributed by atoms with Gasteiger partial charge in [0.15, 0.2) is 0 Å². The topological polar surface area (TPSA) is 101 Å². The van der Waals surface area contributed by atoms with Gasteiger partial charge in [0.2, 0.25) is 5.91 Å². The number of aromatic nitrogens is 3. The number of aromatic amines is 1. The van der Waals surface area contributed by atoms with Crippen molar-refractivity contribution in [3.63, 3.8) is 0 Å². The SMILES string of the molecule is Cc1nc(C)c(CC(=O)NCc2c(C)noc2C)c(=O)[nH]1. The average molecular weight is 290 g/mol. The van der Waals surface area contributed by atoms with Crippen molar-refractivity contribution in [2.24, 2.45) is 0 Å². The molecular weight excluding hydrogens is 272 g/mol. The largest absolute Gasteiger partial charge is 0.361 e. The number of nitrogens with one attached hydrogen (secondary N) is 2. The van der Waals surface area contributed by atoms with Crippen LogP contribution in [0.25, 0.3) is 0 Å². The average Bonchev–Trinajstić information content (AvgIpc) is 2.71. The predicted molar refractivity (Wildman–Crippen MR) is 75.9 cm³/mol. The molecule has 0 aliphatic carbocycles. The predicted octanol–water partition coefficient (Wildman–Crippen LogP) is 0.850. The van der Waals surface area contributed by atoms with Crippen LogP contribution in [0.2, 0.25) is 0 Å². The highest BCUT2D eigenvalue weighted by atomic mass is 16.5. The van der Waals surface area contributed by atoms with Crippen molar-refractivity contribution in [2.45, 2.75) is 40.7 Å². The number of carbonyl (C=O) groups is 1. The Morgan fingerprint density at radius 1 is 1.19 bits per heavy atom. The summed E-state index contributed by atoms with van der Waals surface area (Å²) in [5.41, 5.74) is 2.29. The minimum atomic E-state index is -0.271. The van der Waals surface area contributed by atoms with Gasteiger partial charge in [0.1, 0.15) is 11.6 Å². The van der Waals surface area contributed by atoms with E-state index in [0.717, 1.165) is 11.3 Å². The Labute approximate surface area is 121 Å². The lowest BCUT2D eigenvalue weighted by Crippen LogP contribution is -2.29. The molecular formula is C14H18N4O3. The fourth-order valence-corrected chi connectivity index (χ4v) is 2.12. The van der Waals surface area contributed by atoms with Gasteiger partial charge >= 0.3 is 0 Å². The molecule has 7 nitrogen and oxygen atoms in total. The van der Waals surface area contributed by atoms with Crippen molar-refractivity contribution in [3.05, 3.63) is 44.5 Å². The van der Waals surface area contributed by atoms with E-state index in [4.69, 9.17) is 4.52 Å². The molecule has 2 aromatic rings. The number of aryl methyl sites for hydroxylation is 4. The second-order valence-corrected chi connectivity index (χ2v) is 4.97. The van der Waals surface area contributed by atoms with Crippen molar-refractivity contribution >= 4 is 5.91 Å². The molecule has 0 aromatic carbocycles. The third-order valence-corrected chi connectivity index (χ3v) is 3.32. The van der Waals surface area contributed by atoms with Crippen LogP contribution in [0.3, 0.4) is 0 Å². The molecule has 7 heteroatoms. The Morgan fingerprint density at radius 3 is 2.48 bits per heavy atom. The molecule has 0 aliphatic heterocycles. The van der Waals surface area contributed by atoms with Crippen molar-refractivity contribution in [3.8, 4) is 0 Å². The first kappa shape index (κ1) is 15.0. The standard InChI is InChI=1S/C14H18N4O3/c1-7-11(14(20)17-10(4)16-7)5-13(19)15-6-12-8(2)18-21-9(12)3/h5-6H2,1-4H3,(H,15,19)(H,16,17,20). The number of rotatable bonds is 4. The second kappa shape index (κ2) is 5.90. The third-order valence-electron chi connectivity index (χ3n) is 3.32. The zero-order valence-electron chi connectivity index (χ0n) is 12.5. The lowest BCUT2D eigenvalue weighted by atomic mass is 10.1. The molecule has 112 valence electrons. The lowest BCUT2D eigenvalue weighted by molar-refractivity contribution is -0.120. The summed E-state index contributed by atoms with van der Waals surface area (Å²) in [7, 11) is 0. The van der Waals surface area contributed by atoms with Crippen LogP contribution in [0.4, 0.5) is 0 Å². The summed E-state index contributed by atoms with van der Waals surface area (Å²) in [6.07, 6.45) is -0.00216. The van der Waals surface area contributed by atoms with Crippen LogP contribution in [0.1, 0.15) is 34.1 Å². The molecule has 0 unspecified atom stereocenters. The van der Waals surface area contributed by atoms with Gasteiger partial charge in [0.25, 0.3) is 5.56 Å². The highest BCUT2D eigenvalue weighted by molar-refractivity contribution is 5.78. The summed E-state index contributed by atoms with van der Waals surface area (Å²) >= 11 is 0. The third kappa shape index (κ3) is 3.36. The van der Waals surface area contributed by atoms with Crippen LogP contribution in [0.5, 0.6) is 0 Å². The number of H-pyrrole nitrogens is 1. The molecule has 0 bridgehead atoms. The van der Waals surface area contributed by atoms with E-state index in [-0.39, 0.29) is 17.9 Å². The maximum Gasteiger partial charge on any atom is 0.254 e. The molecule has 0 atom stereocenters. The first-order valence-electron chi connectivity index (χ1n) is 6.63. The molecule has 2 heterocycles. The zero-order chi connectivity index (χ0) is 15.6. The molecule has 0 spiro atoms. The number of carbonyl (C=O) groups excluding carboxylic acids is 1. The van der Waals surface area contributed by atoms with Gasteiger partial charge in [0.05, 0.1) is 12.1 Å². The van der Waals surface area contributed by atoms with Crippen LogP contribution in [0.15, 0.2) is 9.32 Å². The fourth-order valence-electron chi connectivity index (χ4n) is 2.12. The summed E-state index contributed by atoms with van der Waals surface area (Å²) < 4.78 is 5.03. The minimum Gasteiger partial charge on any atom is -0.361 e. The van der Waals surface area contributed by atoms with Gasteiger partial charge in [-0.2, -0.15) is 0 Å². The van der Waals surface area contributed by atoms with Crippen molar-refractivity contribution in [1.29, 1.82) is 0 Å². The van der Waals surface area contributed by atoms with Gasteiger partial charge in [-0.3, -0.25) is 9.59 Å². The summed E-state index contributed by atoms with van der Waals surface area (Å²) in [5.74, 6) is 0.977.